The van der Waals surface area contributed by atoms with Crippen molar-refractivity contribution in [2.24, 2.45) is 5.73 Å². The minimum atomic E-state index is -0.833. The van der Waals surface area contributed by atoms with Crippen molar-refractivity contribution in [3.05, 3.63) is 59.7 Å². The number of hydrogen-bond acceptors (Lipinski definition) is 5. The zero-order valence-corrected chi connectivity index (χ0v) is 14.8. The number of carbonyl (C=O) groups excluding carboxylic acids is 1. The number of aromatic hydroxyl groups is 2. The Morgan fingerprint density at radius 2 is 1.42 bits per heavy atom. The van der Waals surface area contributed by atoms with Gasteiger partial charge in [-0.1, -0.05) is 24.3 Å². The van der Waals surface area contributed by atoms with Crippen LogP contribution in [-0.4, -0.2) is 33.7 Å². The van der Waals surface area contributed by atoms with Crippen LogP contribution in [0.5, 0.6) is 11.5 Å². The summed E-state index contributed by atoms with van der Waals surface area (Å²) in [6.07, 6.45) is 0.532. The normalized spacial score (nSPS) is 12.3. The zero-order valence-electron chi connectivity index (χ0n) is 14.8. The van der Waals surface area contributed by atoms with Crippen molar-refractivity contribution in [3.63, 3.8) is 0 Å². The first-order valence-electron chi connectivity index (χ1n) is 7.94. The van der Waals surface area contributed by atoms with Crippen LogP contribution in [0.1, 0.15) is 25.0 Å². The van der Waals surface area contributed by atoms with Crippen LogP contribution in [-0.2, 0) is 21.5 Å². The molecule has 6 N–H and O–H groups in total. The number of carboxylic acids is 1. The Balaban J connectivity index is 0.000000765. The minimum absolute atomic E-state index is 0.0940. The molecule has 0 fully saturated rings. The van der Waals surface area contributed by atoms with E-state index in [4.69, 9.17) is 15.6 Å². The number of phenols is 2. The van der Waals surface area contributed by atoms with E-state index in [2.05, 4.69) is 5.32 Å². The van der Waals surface area contributed by atoms with Crippen LogP contribution in [0.25, 0.3) is 0 Å². The van der Waals surface area contributed by atoms with Gasteiger partial charge in [0.05, 0.1) is 12.1 Å². The third-order valence-electron chi connectivity index (χ3n) is 3.60. The minimum Gasteiger partial charge on any atom is -0.508 e. The number of carboxylic acid groups (broad SMARTS) is 1. The average molecular weight is 360 g/mol. The van der Waals surface area contributed by atoms with E-state index in [9.17, 15) is 15.0 Å². The van der Waals surface area contributed by atoms with E-state index in [1.165, 1.54) is 0 Å². The molecule has 0 bridgehead atoms. The first-order chi connectivity index (χ1) is 12.2. The third kappa shape index (κ3) is 6.82. The molecule has 2 rings (SSSR count). The molecule has 2 aromatic rings. The number of carbonyl (C=O) groups is 2. The van der Waals surface area contributed by atoms with Crippen LogP contribution >= 0.6 is 0 Å². The maximum Gasteiger partial charge on any atom is 0.300 e. The van der Waals surface area contributed by atoms with Gasteiger partial charge in [0, 0.05) is 6.92 Å². The summed E-state index contributed by atoms with van der Waals surface area (Å²) in [6.45, 7) is 2.89. The molecule has 7 nitrogen and oxygen atoms in total. The van der Waals surface area contributed by atoms with E-state index < -0.39 is 11.5 Å². The van der Waals surface area contributed by atoms with Gasteiger partial charge in [0.15, 0.2) is 0 Å². The maximum atomic E-state index is 11.8. The van der Waals surface area contributed by atoms with Crippen molar-refractivity contribution in [1.82, 2.24) is 5.32 Å². The molecular formula is C19H24N2O5. The van der Waals surface area contributed by atoms with E-state index >= 15 is 0 Å². The number of aliphatic carboxylic acids is 1. The molecule has 0 aliphatic rings. The molecule has 2 aromatic carbocycles. The van der Waals surface area contributed by atoms with Crippen LogP contribution in [0.4, 0.5) is 0 Å². The molecule has 0 spiro atoms. The highest BCUT2D eigenvalue weighted by Crippen LogP contribution is 2.27. The van der Waals surface area contributed by atoms with Crippen LogP contribution in [0, 0.1) is 0 Å². The maximum absolute atomic E-state index is 11.8. The number of hydrogen-bond donors (Lipinski definition) is 5. The molecule has 0 saturated carbocycles. The lowest BCUT2D eigenvalue weighted by atomic mass is 9.85. The second-order valence-corrected chi connectivity index (χ2v) is 5.99. The molecule has 0 heterocycles. The number of benzene rings is 2. The average Bonchev–Trinajstić information content (AvgIpc) is 2.57. The highest BCUT2D eigenvalue weighted by Gasteiger charge is 2.28. The standard InChI is InChI=1S/C17H20N2O3.C2H4O2/c1-17(19-16(22)11-18,13-4-8-15(21)9-5-13)10-12-2-6-14(20)7-3-12;1-2(3)4/h2-9,20-21H,10-11,18H2,1H3,(H,19,22);1H3,(H,3,4). The fourth-order valence-electron chi connectivity index (χ4n) is 2.43. The highest BCUT2D eigenvalue weighted by atomic mass is 16.4. The summed E-state index contributed by atoms with van der Waals surface area (Å²) in [5.74, 6) is -0.726. The zero-order chi connectivity index (χ0) is 19.7. The predicted molar refractivity (Wildman–Crippen MR) is 97.8 cm³/mol. The fraction of sp³-hybridized carbons (Fsp3) is 0.263. The molecule has 1 amide bonds. The monoisotopic (exact) mass is 360 g/mol. The Morgan fingerprint density at radius 3 is 1.85 bits per heavy atom. The summed E-state index contributed by atoms with van der Waals surface area (Å²) in [6, 6.07) is 13.5. The van der Waals surface area contributed by atoms with Gasteiger partial charge in [0.1, 0.15) is 11.5 Å². The van der Waals surface area contributed by atoms with Crippen molar-refractivity contribution in [2.45, 2.75) is 25.8 Å². The number of rotatable bonds is 5. The van der Waals surface area contributed by atoms with Gasteiger partial charge in [0.2, 0.25) is 5.91 Å². The van der Waals surface area contributed by atoms with Gasteiger partial charge in [-0.25, -0.2) is 0 Å². The van der Waals surface area contributed by atoms with Crippen molar-refractivity contribution >= 4 is 11.9 Å². The van der Waals surface area contributed by atoms with Gasteiger partial charge in [0.25, 0.3) is 5.97 Å². The van der Waals surface area contributed by atoms with Crippen molar-refractivity contribution in [3.8, 4) is 11.5 Å². The molecule has 1 atom stereocenters. The molecule has 26 heavy (non-hydrogen) atoms. The Labute approximate surface area is 152 Å². The summed E-state index contributed by atoms with van der Waals surface area (Å²) in [5.41, 5.74) is 6.57. The van der Waals surface area contributed by atoms with E-state index in [1.807, 2.05) is 19.1 Å². The van der Waals surface area contributed by atoms with E-state index in [-0.39, 0.29) is 24.0 Å². The molecule has 1 unspecified atom stereocenters. The smallest absolute Gasteiger partial charge is 0.300 e. The van der Waals surface area contributed by atoms with Gasteiger partial charge in [-0.3, -0.25) is 9.59 Å². The van der Waals surface area contributed by atoms with Gasteiger partial charge < -0.3 is 26.4 Å². The topological polar surface area (TPSA) is 133 Å². The lowest BCUT2D eigenvalue weighted by Gasteiger charge is -2.32. The number of phenolic OH excluding ortho intramolecular Hbond substituents is 2. The van der Waals surface area contributed by atoms with Crippen LogP contribution in [0.2, 0.25) is 0 Å². The lowest BCUT2D eigenvalue weighted by molar-refractivity contribution is -0.134. The molecule has 140 valence electrons. The first-order valence-corrected chi connectivity index (χ1v) is 7.94. The summed E-state index contributed by atoms with van der Waals surface area (Å²) in [5, 5.41) is 29.2. The SMILES string of the molecule is CC(=O)O.CC(Cc1ccc(O)cc1)(NC(=O)CN)c1ccc(O)cc1. The fourth-order valence-corrected chi connectivity index (χ4v) is 2.43. The van der Waals surface area contributed by atoms with Gasteiger partial charge in [-0.05, 0) is 48.7 Å². The Bertz CT molecular complexity index is 725. The lowest BCUT2D eigenvalue weighted by Crippen LogP contribution is -2.47. The largest absolute Gasteiger partial charge is 0.508 e. The summed E-state index contributed by atoms with van der Waals surface area (Å²) >= 11 is 0. The summed E-state index contributed by atoms with van der Waals surface area (Å²) in [4.78, 5) is 20.8. The van der Waals surface area contributed by atoms with Crippen LogP contribution < -0.4 is 11.1 Å². The van der Waals surface area contributed by atoms with E-state index in [0.717, 1.165) is 18.1 Å². The summed E-state index contributed by atoms with van der Waals surface area (Å²) in [7, 11) is 0. The quantitative estimate of drug-likeness (QED) is 0.551. The number of amides is 1. The molecule has 0 radical (unpaired) electrons. The van der Waals surface area contributed by atoms with Crippen molar-refractivity contribution in [1.29, 1.82) is 0 Å². The highest BCUT2D eigenvalue weighted by molar-refractivity contribution is 5.78. The molecule has 0 aromatic heterocycles. The van der Waals surface area contributed by atoms with Gasteiger partial charge in [-0.15, -0.1) is 0 Å². The molecule has 7 heteroatoms. The van der Waals surface area contributed by atoms with E-state index in [1.54, 1.807) is 36.4 Å². The second-order valence-electron chi connectivity index (χ2n) is 5.99. The first kappa shape index (κ1) is 21.0. The number of nitrogens with two attached hydrogens (primary N) is 1. The predicted octanol–water partition coefficient (Wildman–Crippen LogP) is 1.72. The molecule has 0 saturated heterocycles. The van der Waals surface area contributed by atoms with Crippen molar-refractivity contribution in [2.75, 3.05) is 6.54 Å². The van der Waals surface area contributed by atoms with E-state index in [0.29, 0.717) is 6.42 Å². The number of nitrogens with one attached hydrogen (secondary N) is 1. The van der Waals surface area contributed by atoms with Crippen LogP contribution in [0.15, 0.2) is 48.5 Å². The van der Waals surface area contributed by atoms with Crippen molar-refractivity contribution < 1.29 is 24.9 Å². The second kappa shape index (κ2) is 9.43. The summed E-state index contributed by atoms with van der Waals surface area (Å²) < 4.78 is 0. The Kier molecular flexibility index (Phi) is 7.61. The van der Waals surface area contributed by atoms with Gasteiger partial charge in [-0.2, -0.15) is 0 Å². The van der Waals surface area contributed by atoms with Crippen LogP contribution in [0.3, 0.4) is 0 Å². The Hall–Kier alpha value is -3.06. The molecule has 0 aliphatic carbocycles. The molecular weight excluding hydrogens is 336 g/mol. The third-order valence-corrected chi connectivity index (χ3v) is 3.60. The Morgan fingerprint density at radius 1 is 1.00 bits per heavy atom. The molecule has 0 aliphatic heterocycles. The van der Waals surface area contributed by atoms with Gasteiger partial charge >= 0.3 is 0 Å².